The minimum atomic E-state index is 0.473. The van der Waals surface area contributed by atoms with E-state index < -0.39 is 0 Å². The van der Waals surface area contributed by atoms with E-state index in [0.29, 0.717) is 17.9 Å². The number of rotatable bonds is 3. The van der Waals surface area contributed by atoms with Crippen LogP contribution in [0.1, 0.15) is 16.7 Å². The maximum absolute atomic E-state index is 9.17. The first-order chi connectivity index (χ1) is 10.3. The molecule has 0 saturated carbocycles. The maximum atomic E-state index is 9.17. The number of tetrazole rings is 1. The molecule has 5 nitrogen and oxygen atoms in total. The average molecular weight is 275 g/mol. The van der Waals surface area contributed by atoms with Gasteiger partial charge in [0.2, 0.25) is 0 Å². The molecule has 102 valence electrons. The topological polar surface area (TPSA) is 67.4 Å². The quantitative estimate of drug-likeness (QED) is 0.736. The lowest BCUT2D eigenvalue weighted by atomic mass is 10.1. The molecule has 0 bridgehead atoms. The number of nitriles is 1. The van der Waals surface area contributed by atoms with E-state index in [2.05, 4.69) is 21.6 Å². The monoisotopic (exact) mass is 275 g/mol. The molecule has 0 N–H and O–H groups in total. The molecule has 21 heavy (non-hydrogen) atoms. The van der Waals surface area contributed by atoms with Crippen molar-refractivity contribution >= 4 is 0 Å². The molecule has 0 aliphatic heterocycles. The van der Waals surface area contributed by atoms with E-state index in [-0.39, 0.29) is 0 Å². The Hall–Kier alpha value is -3.00. The van der Waals surface area contributed by atoms with Crippen LogP contribution >= 0.6 is 0 Å². The molecule has 0 fully saturated rings. The zero-order valence-corrected chi connectivity index (χ0v) is 11.6. The summed E-state index contributed by atoms with van der Waals surface area (Å²) < 4.78 is 1.72. The van der Waals surface area contributed by atoms with Gasteiger partial charge in [-0.15, -0.1) is 5.10 Å². The van der Waals surface area contributed by atoms with Crippen molar-refractivity contribution in [2.45, 2.75) is 13.5 Å². The molecule has 2 aromatic carbocycles. The first kappa shape index (κ1) is 13.0. The second kappa shape index (κ2) is 5.55. The Morgan fingerprint density at radius 3 is 2.67 bits per heavy atom. The van der Waals surface area contributed by atoms with Crippen LogP contribution in [0.25, 0.3) is 11.4 Å². The van der Waals surface area contributed by atoms with Crippen molar-refractivity contribution in [3.05, 3.63) is 65.2 Å². The molecule has 0 unspecified atom stereocenters. The molecule has 0 saturated heterocycles. The Balaban J connectivity index is 2.01. The van der Waals surface area contributed by atoms with Gasteiger partial charge in [-0.05, 0) is 34.5 Å². The Bertz CT molecular complexity index is 813. The van der Waals surface area contributed by atoms with Crippen molar-refractivity contribution in [1.82, 2.24) is 20.2 Å². The van der Waals surface area contributed by atoms with E-state index in [1.807, 2.05) is 49.4 Å². The fraction of sp³-hybridized carbons (Fsp3) is 0.125. The number of aromatic nitrogens is 4. The van der Waals surface area contributed by atoms with Crippen LogP contribution in [0.3, 0.4) is 0 Å². The van der Waals surface area contributed by atoms with Crippen LogP contribution in [0.2, 0.25) is 0 Å². The summed E-state index contributed by atoms with van der Waals surface area (Å²) in [7, 11) is 0. The molecule has 0 radical (unpaired) electrons. The van der Waals surface area contributed by atoms with Gasteiger partial charge in [-0.2, -0.15) is 5.26 Å². The second-order valence-electron chi connectivity index (χ2n) is 4.74. The first-order valence-corrected chi connectivity index (χ1v) is 6.60. The van der Waals surface area contributed by atoms with Crippen LogP contribution in [0, 0.1) is 18.3 Å². The summed E-state index contributed by atoms with van der Waals surface area (Å²) in [5.41, 5.74) is 3.66. The number of benzene rings is 2. The van der Waals surface area contributed by atoms with E-state index in [4.69, 9.17) is 5.26 Å². The first-order valence-electron chi connectivity index (χ1n) is 6.60. The van der Waals surface area contributed by atoms with Gasteiger partial charge in [0.15, 0.2) is 5.82 Å². The second-order valence-corrected chi connectivity index (χ2v) is 4.74. The highest BCUT2D eigenvalue weighted by Crippen LogP contribution is 2.21. The lowest BCUT2D eigenvalue weighted by Crippen LogP contribution is -2.06. The van der Waals surface area contributed by atoms with Crippen LogP contribution in [0.4, 0.5) is 0 Å². The fourth-order valence-corrected chi connectivity index (χ4v) is 2.26. The fourth-order valence-electron chi connectivity index (χ4n) is 2.26. The SMILES string of the molecule is Cc1ccccc1-c1nnnn1Cc1ccccc1C#N. The predicted molar refractivity (Wildman–Crippen MR) is 78.2 cm³/mol. The summed E-state index contributed by atoms with van der Waals surface area (Å²) in [5.74, 6) is 0.709. The molecule has 3 aromatic rings. The van der Waals surface area contributed by atoms with E-state index in [0.717, 1.165) is 16.7 Å². The van der Waals surface area contributed by atoms with Gasteiger partial charge in [-0.3, -0.25) is 0 Å². The summed E-state index contributed by atoms with van der Waals surface area (Å²) in [4.78, 5) is 0. The molecule has 1 heterocycles. The molecule has 0 atom stereocenters. The highest BCUT2D eigenvalue weighted by molar-refractivity contribution is 5.59. The minimum absolute atomic E-state index is 0.473. The summed E-state index contributed by atoms with van der Waals surface area (Å²) >= 11 is 0. The molecule has 0 aliphatic rings. The molecule has 0 spiro atoms. The number of aryl methyl sites for hydroxylation is 1. The van der Waals surface area contributed by atoms with Crippen LogP contribution in [-0.4, -0.2) is 20.2 Å². The molecule has 0 amide bonds. The molecular weight excluding hydrogens is 262 g/mol. The molecule has 5 heteroatoms. The predicted octanol–water partition coefficient (Wildman–Crippen LogP) is 2.57. The number of nitrogens with zero attached hydrogens (tertiary/aromatic N) is 5. The summed E-state index contributed by atoms with van der Waals surface area (Å²) in [6, 6.07) is 17.6. The summed E-state index contributed by atoms with van der Waals surface area (Å²) in [5, 5.41) is 21.1. The van der Waals surface area contributed by atoms with Gasteiger partial charge in [0.25, 0.3) is 0 Å². The molecule has 1 aromatic heterocycles. The molecular formula is C16H13N5. The third-order valence-electron chi connectivity index (χ3n) is 3.38. The minimum Gasteiger partial charge on any atom is -0.221 e. The molecule has 3 rings (SSSR count). The van der Waals surface area contributed by atoms with Crippen LogP contribution in [0.5, 0.6) is 0 Å². The number of hydrogen-bond acceptors (Lipinski definition) is 4. The van der Waals surface area contributed by atoms with Gasteiger partial charge in [-0.25, -0.2) is 4.68 Å². The van der Waals surface area contributed by atoms with E-state index >= 15 is 0 Å². The van der Waals surface area contributed by atoms with Crippen LogP contribution in [0.15, 0.2) is 48.5 Å². The Morgan fingerprint density at radius 2 is 1.86 bits per heavy atom. The van der Waals surface area contributed by atoms with Crippen molar-refractivity contribution in [3.8, 4) is 17.5 Å². The lowest BCUT2D eigenvalue weighted by molar-refractivity contribution is 0.652. The lowest BCUT2D eigenvalue weighted by Gasteiger charge is -2.08. The van der Waals surface area contributed by atoms with Crippen molar-refractivity contribution in [3.63, 3.8) is 0 Å². The number of hydrogen-bond donors (Lipinski definition) is 0. The Kier molecular flexibility index (Phi) is 3.44. The molecule has 0 aliphatic carbocycles. The van der Waals surface area contributed by atoms with Crippen LogP contribution < -0.4 is 0 Å². The Labute approximate surface area is 122 Å². The zero-order valence-electron chi connectivity index (χ0n) is 11.6. The van der Waals surface area contributed by atoms with Gasteiger partial charge in [0, 0.05) is 5.56 Å². The zero-order chi connectivity index (χ0) is 14.7. The summed E-state index contributed by atoms with van der Waals surface area (Å²) in [6.45, 7) is 2.50. The summed E-state index contributed by atoms with van der Waals surface area (Å²) in [6.07, 6.45) is 0. The highest BCUT2D eigenvalue weighted by Gasteiger charge is 2.12. The largest absolute Gasteiger partial charge is 0.221 e. The average Bonchev–Trinajstić information content (AvgIpc) is 2.96. The standard InChI is InChI=1S/C16H13N5/c1-12-6-2-5-9-15(12)16-18-19-20-21(16)11-14-8-4-3-7-13(14)10-17/h2-9H,11H2,1H3. The smallest absolute Gasteiger partial charge is 0.182 e. The van der Waals surface area contributed by atoms with Gasteiger partial charge in [0.1, 0.15) is 0 Å². The van der Waals surface area contributed by atoms with E-state index in [1.165, 1.54) is 0 Å². The maximum Gasteiger partial charge on any atom is 0.182 e. The van der Waals surface area contributed by atoms with E-state index in [9.17, 15) is 0 Å². The van der Waals surface area contributed by atoms with Crippen molar-refractivity contribution in [1.29, 1.82) is 5.26 Å². The van der Waals surface area contributed by atoms with Crippen molar-refractivity contribution in [2.75, 3.05) is 0 Å². The third-order valence-corrected chi connectivity index (χ3v) is 3.38. The van der Waals surface area contributed by atoms with Crippen molar-refractivity contribution < 1.29 is 0 Å². The highest BCUT2D eigenvalue weighted by atomic mass is 15.5. The van der Waals surface area contributed by atoms with E-state index in [1.54, 1.807) is 10.7 Å². The normalized spacial score (nSPS) is 10.3. The van der Waals surface area contributed by atoms with Gasteiger partial charge in [0.05, 0.1) is 18.2 Å². The van der Waals surface area contributed by atoms with Gasteiger partial charge < -0.3 is 0 Å². The third kappa shape index (κ3) is 2.51. The van der Waals surface area contributed by atoms with Gasteiger partial charge in [-0.1, -0.05) is 42.5 Å². The Morgan fingerprint density at radius 1 is 1.10 bits per heavy atom. The van der Waals surface area contributed by atoms with Gasteiger partial charge >= 0.3 is 0 Å². The van der Waals surface area contributed by atoms with Crippen molar-refractivity contribution in [2.24, 2.45) is 0 Å². The van der Waals surface area contributed by atoms with Crippen LogP contribution in [-0.2, 0) is 6.54 Å².